The number of urea groups is 1. The van der Waals surface area contributed by atoms with E-state index in [1.54, 1.807) is 14.1 Å². The molecule has 1 rings (SSSR count). The van der Waals surface area contributed by atoms with Crippen LogP contribution in [0, 0.1) is 4.77 Å². The summed E-state index contributed by atoms with van der Waals surface area (Å²) in [6, 6.07) is -0.0850. The van der Waals surface area contributed by atoms with Crippen LogP contribution in [0.4, 0.5) is 4.79 Å². The van der Waals surface area contributed by atoms with Crippen molar-refractivity contribution < 1.29 is 4.79 Å². The number of aromatic amines is 1. The Hall–Kier alpha value is -1.30. The molecule has 17 heavy (non-hydrogen) atoms. The molecule has 6 heteroatoms. The molecule has 0 radical (unpaired) electrons. The lowest BCUT2D eigenvalue weighted by Crippen LogP contribution is -2.36. The van der Waals surface area contributed by atoms with Crippen LogP contribution in [-0.4, -0.2) is 41.1 Å². The lowest BCUT2D eigenvalue weighted by molar-refractivity contribution is 0.217. The van der Waals surface area contributed by atoms with Gasteiger partial charge in [0.05, 0.1) is 0 Å². The van der Waals surface area contributed by atoms with E-state index in [1.807, 2.05) is 10.8 Å². The maximum Gasteiger partial charge on any atom is 0.316 e. The number of rotatable bonds is 4. The van der Waals surface area contributed by atoms with E-state index < -0.39 is 0 Å². The van der Waals surface area contributed by atoms with Gasteiger partial charge in [0.15, 0.2) is 4.77 Å². The fourth-order valence-electron chi connectivity index (χ4n) is 1.55. The molecule has 1 aromatic rings. The number of aromatic nitrogens is 2. The molecule has 0 aliphatic heterocycles. The van der Waals surface area contributed by atoms with Crippen molar-refractivity contribution in [1.29, 1.82) is 0 Å². The number of carbonyl (C=O) groups excluding carboxylic acids is 1. The summed E-state index contributed by atoms with van der Waals surface area (Å²) < 4.78 is 2.73. The lowest BCUT2D eigenvalue weighted by atomic mass is 10.1. The maximum absolute atomic E-state index is 11.3. The Bertz CT molecular complexity index is 433. The Labute approximate surface area is 107 Å². The van der Waals surface area contributed by atoms with Gasteiger partial charge in [-0.15, -0.1) is 0 Å². The third-order valence-electron chi connectivity index (χ3n) is 2.51. The molecule has 0 aliphatic carbocycles. The third-order valence-corrected chi connectivity index (χ3v) is 2.85. The molecule has 1 aromatic heterocycles. The van der Waals surface area contributed by atoms with Crippen LogP contribution in [0.3, 0.4) is 0 Å². The van der Waals surface area contributed by atoms with E-state index >= 15 is 0 Å². The summed E-state index contributed by atoms with van der Waals surface area (Å²) in [5.41, 5.74) is 1.16. The van der Waals surface area contributed by atoms with Crippen molar-refractivity contribution in [3.63, 3.8) is 0 Å². The van der Waals surface area contributed by atoms with Crippen molar-refractivity contribution in [2.24, 2.45) is 0 Å². The van der Waals surface area contributed by atoms with Crippen LogP contribution in [-0.2, 0) is 6.54 Å². The normalized spacial score (nSPS) is 10.6. The largest absolute Gasteiger partial charge is 0.337 e. The lowest BCUT2D eigenvalue weighted by Gasteiger charge is -2.14. The van der Waals surface area contributed by atoms with Gasteiger partial charge in [-0.1, -0.05) is 13.8 Å². The smallest absolute Gasteiger partial charge is 0.316 e. The van der Waals surface area contributed by atoms with E-state index in [-0.39, 0.29) is 6.03 Å². The summed E-state index contributed by atoms with van der Waals surface area (Å²) >= 11 is 5.21. The molecule has 0 aliphatic rings. The molecule has 0 atom stereocenters. The summed E-state index contributed by atoms with van der Waals surface area (Å²) in [5, 5.41) is 2.82. The first-order valence-corrected chi connectivity index (χ1v) is 6.07. The Morgan fingerprint density at radius 2 is 2.24 bits per heavy atom. The minimum atomic E-state index is -0.0850. The molecule has 1 heterocycles. The van der Waals surface area contributed by atoms with Crippen molar-refractivity contribution in [1.82, 2.24) is 19.8 Å². The number of nitrogens with zero attached hydrogens (tertiary/aromatic N) is 2. The van der Waals surface area contributed by atoms with E-state index in [9.17, 15) is 4.79 Å². The van der Waals surface area contributed by atoms with Gasteiger partial charge in [-0.3, -0.25) is 0 Å². The fraction of sp³-hybridized carbons (Fsp3) is 0.636. The first-order valence-electron chi connectivity index (χ1n) is 5.66. The molecule has 0 spiro atoms. The maximum atomic E-state index is 11.3. The van der Waals surface area contributed by atoms with Gasteiger partial charge in [0.2, 0.25) is 0 Å². The minimum Gasteiger partial charge on any atom is -0.337 e. The number of amides is 2. The van der Waals surface area contributed by atoms with Crippen molar-refractivity contribution >= 4 is 18.2 Å². The Morgan fingerprint density at radius 1 is 1.59 bits per heavy atom. The molecule has 2 amide bonds. The summed E-state index contributed by atoms with van der Waals surface area (Å²) in [7, 11) is 3.44. The van der Waals surface area contributed by atoms with Crippen molar-refractivity contribution in [3.05, 3.63) is 16.7 Å². The first-order chi connectivity index (χ1) is 7.93. The molecule has 0 aromatic carbocycles. The van der Waals surface area contributed by atoms with Crippen LogP contribution in [0.5, 0.6) is 0 Å². The van der Waals surface area contributed by atoms with Crippen LogP contribution in [0.2, 0.25) is 0 Å². The standard InChI is InChI=1S/C11H20N4OS/c1-8(2)9-7-13-11(17)15(9)6-5-12-10(16)14(3)4/h7-8H,5-6H2,1-4H3,(H,12,16)(H,13,17). The molecule has 0 bridgehead atoms. The number of imidazole rings is 1. The summed E-state index contributed by atoms with van der Waals surface area (Å²) in [6.07, 6.45) is 1.93. The highest BCUT2D eigenvalue weighted by Gasteiger charge is 2.08. The van der Waals surface area contributed by atoms with Crippen LogP contribution < -0.4 is 5.32 Å². The summed E-state index contributed by atoms with van der Waals surface area (Å²) in [6.45, 7) is 5.50. The average Bonchev–Trinajstić information content (AvgIpc) is 2.60. The molecule has 96 valence electrons. The zero-order chi connectivity index (χ0) is 13.0. The molecule has 0 saturated carbocycles. The van der Waals surface area contributed by atoms with Gasteiger partial charge < -0.3 is 19.8 Å². The quantitative estimate of drug-likeness (QED) is 0.809. The van der Waals surface area contributed by atoms with E-state index in [1.165, 1.54) is 4.90 Å². The second kappa shape index (κ2) is 5.86. The van der Waals surface area contributed by atoms with Crippen molar-refractivity contribution in [3.8, 4) is 0 Å². The van der Waals surface area contributed by atoms with E-state index in [4.69, 9.17) is 12.2 Å². The topological polar surface area (TPSA) is 53.1 Å². The number of carbonyl (C=O) groups is 1. The van der Waals surface area contributed by atoms with Crippen LogP contribution in [0.15, 0.2) is 6.20 Å². The molecule has 5 nitrogen and oxygen atoms in total. The zero-order valence-electron chi connectivity index (χ0n) is 10.8. The average molecular weight is 256 g/mol. The highest BCUT2D eigenvalue weighted by Crippen LogP contribution is 2.13. The molecule has 0 saturated heterocycles. The third kappa shape index (κ3) is 3.59. The van der Waals surface area contributed by atoms with Crippen LogP contribution in [0.25, 0.3) is 0 Å². The molecule has 0 fully saturated rings. The molecule has 0 unspecified atom stereocenters. The van der Waals surface area contributed by atoms with Gasteiger partial charge in [-0.25, -0.2) is 4.79 Å². The van der Waals surface area contributed by atoms with Gasteiger partial charge in [-0.2, -0.15) is 0 Å². The molecular weight excluding hydrogens is 236 g/mol. The number of H-pyrrole nitrogens is 1. The van der Waals surface area contributed by atoms with Gasteiger partial charge in [0.25, 0.3) is 0 Å². The van der Waals surface area contributed by atoms with Crippen molar-refractivity contribution in [2.45, 2.75) is 26.3 Å². The predicted octanol–water partition coefficient (Wildman–Crippen LogP) is 1.94. The van der Waals surface area contributed by atoms with Gasteiger partial charge in [0.1, 0.15) is 0 Å². The summed E-state index contributed by atoms with van der Waals surface area (Å²) in [5.74, 6) is 0.410. The van der Waals surface area contributed by atoms with Crippen LogP contribution in [0.1, 0.15) is 25.5 Å². The Balaban J connectivity index is 2.60. The van der Waals surface area contributed by atoms with Gasteiger partial charge >= 0.3 is 6.03 Å². The van der Waals surface area contributed by atoms with Crippen molar-refractivity contribution in [2.75, 3.05) is 20.6 Å². The highest BCUT2D eigenvalue weighted by atomic mass is 32.1. The van der Waals surface area contributed by atoms with Crippen LogP contribution >= 0.6 is 12.2 Å². The molecular formula is C11H20N4OS. The Kier molecular flexibility index (Phi) is 4.74. The number of hydrogen-bond donors (Lipinski definition) is 2. The highest BCUT2D eigenvalue weighted by molar-refractivity contribution is 7.71. The number of nitrogens with one attached hydrogen (secondary N) is 2. The second-order valence-electron chi connectivity index (χ2n) is 4.45. The van der Waals surface area contributed by atoms with E-state index in [2.05, 4.69) is 24.1 Å². The predicted molar refractivity (Wildman–Crippen MR) is 70.8 cm³/mol. The van der Waals surface area contributed by atoms with Gasteiger partial charge in [-0.05, 0) is 18.1 Å². The minimum absolute atomic E-state index is 0.0850. The summed E-state index contributed by atoms with van der Waals surface area (Å²) in [4.78, 5) is 15.9. The van der Waals surface area contributed by atoms with E-state index in [0.29, 0.717) is 23.8 Å². The van der Waals surface area contributed by atoms with Gasteiger partial charge in [0, 0.05) is 39.1 Å². The second-order valence-corrected chi connectivity index (χ2v) is 4.84. The number of hydrogen-bond acceptors (Lipinski definition) is 2. The first kappa shape index (κ1) is 13.8. The monoisotopic (exact) mass is 256 g/mol. The fourth-order valence-corrected chi connectivity index (χ4v) is 1.81. The Morgan fingerprint density at radius 3 is 2.76 bits per heavy atom. The SMILES string of the molecule is CC(C)c1c[nH]c(=S)n1CCNC(=O)N(C)C. The molecule has 2 N–H and O–H groups in total. The zero-order valence-corrected chi connectivity index (χ0v) is 11.6. The van der Waals surface area contributed by atoms with E-state index in [0.717, 1.165) is 5.69 Å².